The second-order valence-electron chi connectivity index (χ2n) is 6.31. The second kappa shape index (κ2) is 3.60. The zero-order chi connectivity index (χ0) is 13.2. The highest BCUT2D eigenvalue weighted by Crippen LogP contribution is 2.62. The Labute approximate surface area is 113 Å². The van der Waals surface area contributed by atoms with Gasteiger partial charge in [0.2, 0.25) is 5.91 Å². The van der Waals surface area contributed by atoms with Crippen molar-refractivity contribution in [2.75, 3.05) is 4.90 Å². The van der Waals surface area contributed by atoms with Gasteiger partial charge in [0.25, 0.3) is 0 Å². The van der Waals surface area contributed by atoms with Crippen LogP contribution < -0.4 is 4.90 Å². The zero-order valence-electron chi connectivity index (χ0n) is 11.1. The normalized spacial score (nSPS) is 43.9. The number of hydrogen-bond acceptors (Lipinski definition) is 2. The third kappa shape index (κ3) is 1.20. The molecule has 3 aliphatic rings. The van der Waals surface area contributed by atoms with Crippen LogP contribution in [0.2, 0.25) is 0 Å². The Hall–Kier alpha value is -1.35. The summed E-state index contributed by atoms with van der Waals surface area (Å²) in [5.74, 6) is 0.892. The minimum Gasteiger partial charge on any atom is -0.370 e. The first-order valence-electron chi connectivity index (χ1n) is 7.27. The van der Waals surface area contributed by atoms with E-state index in [2.05, 4.69) is 6.92 Å². The third-order valence-corrected chi connectivity index (χ3v) is 5.68. The average Bonchev–Trinajstić information content (AvgIpc) is 2.74. The number of piperidine rings is 1. The lowest BCUT2D eigenvalue weighted by Gasteiger charge is -2.42. The number of para-hydroxylation sites is 1. The Morgan fingerprint density at radius 3 is 2.68 bits per heavy atom. The molecule has 0 aromatic heterocycles. The van der Waals surface area contributed by atoms with Crippen LogP contribution in [0.15, 0.2) is 30.3 Å². The van der Waals surface area contributed by atoms with Crippen molar-refractivity contribution >= 4 is 11.6 Å². The van der Waals surface area contributed by atoms with Crippen molar-refractivity contribution in [3.05, 3.63) is 30.3 Å². The van der Waals surface area contributed by atoms with Gasteiger partial charge >= 0.3 is 0 Å². The molecule has 3 fully saturated rings. The Bertz CT molecular complexity index is 529. The van der Waals surface area contributed by atoms with E-state index in [4.69, 9.17) is 0 Å². The molecule has 1 amide bonds. The van der Waals surface area contributed by atoms with E-state index in [0.29, 0.717) is 5.92 Å². The smallest absolute Gasteiger partial charge is 0.233 e. The van der Waals surface area contributed by atoms with Gasteiger partial charge in [0.05, 0.1) is 0 Å². The molecule has 1 aliphatic heterocycles. The summed E-state index contributed by atoms with van der Waals surface area (Å²) in [6, 6.07) is 9.64. The molecule has 4 bridgehead atoms. The van der Waals surface area contributed by atoms with Crippen LogP contribution in [0.1, 0.15) is 26.2 Å². The van der Waals surface area contributed by atoms with Crippen molar-refractivity contribution in [2.45, 2.75) is 31.9 Å². The van der Waals surface area contributed by atoms with Crippen LogP contribution in [0.3, 0.4) is 0 Å². The van der Waals surface area contributed by atoms with Crippen molar-refractivity contribution in [1.82, 2.24) is 0 Å². The first-order chi connectivity index (χ1) is 9.15. The van der Waals surface area contributed by atoms with E-state index in [9.17, 15) is 9.90 Å². The lowest BCUT2D eigenvalue weighted by atomic mass is 9.77. The predicted octanol–water partition coefficient (Wildman–Crippen LogP) is 2.40. The van der Waals surface area contributed by atoms with Crippen molar-refractivity contribution in [1.29, 1.82) is 0 Å². The van der Waals surface area contributed by atoms with Crippen molar-refractivity contribution in [3.63, 3.8) is 0 Å². The minimum atomic E-state index is -0.954. The lowest BCUT2D eigenvalue weighted by Crippen LogP contribution is -2.55. The van der Waals surface area contributed by atoms with E-state index in [1.807, 2.05) is 30.3 Å². The molecule has 3 nitrogen and oxygen atoms in total. The molecule has 1 saturated heterocycles. The third-order valence-electron chi connectivity index (χ3n) is 5.68. The summed E-state index contributed by atoms with van der Waals surface area (Å²) in [7, 11) is 0. The summed E-state index contributed by atoms with van der Waals surface area (Å²) in [5, 5.41) is 11.3. The maximum Gasteiger partial charge on any atom is 0.233 e. The SMILES string of the molecule is CC1[C@@H]2CCC[C@H]3[C@@H]2C(=O)N(c2ccccc2)[C@@]13O. The van der Waals surface area contributed by atoms with E-state index in [1.165, 1.54) is 0 Å². The molecule has 1 aromatic carbocycles. The Balaban J connectivity index is 1.85. The predicted molar refractivity (Wildman–Crippen MR) is 72.4 cm³/mol. The number of aliphatic hydroxyl groups is 1. The van der Waals surface area contributed by atoms with Gasteiger partial charge in [-0.15, -0.1) is 0 Å². The largest absolute Gasteiger partial charge is 0.370 e. The van der Waals surface area contributed by atoms with Gasteiger partial charge in [-0.1, -0.05) is 31.5 Å². The first-order valence-corrected chi connectivity index (χ1v) is 7.27. The zero-order valence-corrected chi connectivity index (χ0v) is 11.1. The maximum absolute atomic E-state index is 12.7. The van der Waals surface area contributed by atoms with Crippen LogP contribution in [-0.2, 0) is 4.79 Å². The number of nitrogens with zero attached hydrogens (tertiary/aromatic N) is 1. The Morgan fingerprint density at radius 1 is 1.26 bits per heavy atom. The van der Waals surface area contributed by atoms with Gasteiger partial charge in [-0.25, -0.2) is 0 Å². The molecule has 4 rings (SSSR count). The molecule has 2 saturated carbocycles. The van der Waals surface area contributed by atoms with E-state index in [1.54, 1.807) is 4.90 Å². The first kappa shape index (κ1) is 11.5. The highest BCUT2D eigenvalue weighted by Gasteiger charge is 2.71. The molecular weight excluding hydrogens is 238 g/mol. The molecule has 2 aliphatic carbocycles. The molecule has 1 aromatic rings. The molecule has 1 unspecified atom stereocenters. The Morgan fingerprint density at radius 2 is 2.00 bits per heavy atom. The van der Waals surface area contributed by atoms with Gasteiger partial charge < -0.3 is 5.11 Å². The van der Waals surface area contributed by atoms with Crippen molar-refractivity contribution < 1.29 is 9.90 Å². The van der Waals surface area contributed by atoms with Crippen LogP contribution >= 0.6 is 0 Å². The lowest BCUT2D eigenvalue weighted by molar-refractivity contribution is -0.127. The van der Waals surface area contributed by atoms with Gasteiger partial charge in [0.1, 0.15) is 0 Å². The molecule has 0 spiro atoms. The molecule has 1 N–H and O–H groups in total. The molecule has 19 heavy (non-hydrogen) atoms. The summed E-state index contributed by atoms with van der Waals surface area (Å²) in [4.78, 5) is 14.4. The van der Waals surface area contributed by atoms with Crippen LogP contribution in [0, 0.1) is 23.7 Å². The van der Waals surface area contributed by atoms with Crippen LogP contribution in [0.25, 0.3) is 0 Å². The molecule has 1 heterocycles. The van der Waals surface area contributed by atoms with E-state index >= 15 is 0 Å². The summed E-state index contributed by atoms with van der Waals surface area (Å²) in [6.07, 6.45) is 3.23. The van der Waals surface area contributed by atoms with Crippen LogP contribution in [0.4, 0.5) is 5.69 Å². The van der Waals surface area contributed by atoms with Crippen LogP contribution in [-0.4, -0.2) is 16.7 Å². The molecular formula is C16H19NO2. The topological polar surface area (TPSA) is 40.5 Å². The molecule has 100 valence electrons. The van der Waals surface area contributed by atoms with Gasteiger partial charge in [0.15, 0.2) is 5.72 Å². The summed E-state index contributed by atoms with van der Waals surface area (Å²) in [5.41, 5.74) is -0.112. The standard InChI is InChI=1S/C16H19NO2/c1-10-12-8-5-9-13-14(12)15(18)17(16(10,13)19)11-6-3-2-4-7-11/h2-4,6-7,10,12-14,19H,5,8-9H2,1H3/t10?,12-,13-,14+,16+/m0/s1. The molecule has 3 heteroatoms. The minimum absolute atomic E-state index is 0.0500. The number of anilines is 1. The molecule has 5 atom stereocenters. The van der Waals surface area contributed by atoms with Gasteiger partial charge in [-0.2, -0.15) is 0 Å². The number of benzene rings is 1. The quantitative estimate of drug-likeness (QED) is 0.839. The Kier molecular flexibility index (Phi) is 2.17. The van der Waals surface area contributed by atoms with Crippen molar-refractivity contribution in [3.8, 4) is 0 Å². The fourth-order valence-electron chi connectivity index (χ4n) is 4.88. The monoisotopic (exact) mass is 257 g/mol. The summed E-state index contributed by atoms with van der Waals surface area (Å²) < 4.78 is 0. The van der Waals surface area contributed by atoms with Crippen LogP contribution in [0.5, 0.6) is 0 Å². The number of rotatable bonds is 1. The number of amides is 1. The van der Waals surface area contributed by atoms with E-state index in [-0.39, 0.29) is 23.7 Å². The highest BCUT2D eigenvalue weighted by molar-refractivity contribution is 6.00. The number of carbonyl (C=O) groups is 1. The van der Waals surface area contributed by atoms with Crippen molar-refractivity contribution in [2.24, 2.45) is 23.7 Å². The van der Waals surface area contributed by atoms with E-state index < -0.39 is 5.72 Å². The summed E-state index contributed by atoms with van der Waals surface area (Å²) in [6.45, 7) is 2.12. The number of hydrogen-bond donors (Lipinski definition) is 1. The summed E-state index contributed by atoms with van der Waals surface area (Å²) >= 11 is 0. The van der Waals surface area contributed by atoms with Gasteiger partial charge in [0, 0.05) is 23.4 Å². The van der Waals surface area contributed by atoms with Gasteiger partial charge in [-0.05, 0) is 30.9 Å². The fourth-order valence-corrected chi connectivity index (χ4v) is 4.88. The molecule has 0 radical (unpaired) electrons. The van der Waals surface area contributed by atoms with E-state index in [0.717, 1.165) is 24.9 Å². The average molecular weight is 257 g/mol. The fraction of sp³-hybridized carbons (Fsp3) is 0.562. The highest BCUT2D eigenvalue weighted by atomic mass is 16.3. The van der Waals surface area contributed by atoms with Gasteiger partial charge in [-0.3, -0.25) is 9.69 Å². The maximum atomic E-state index is 12.7. The second-order valence-corrected chi connectivity index (χ2v) is 6.31. The number of carbonyl (C=O) groups excluding carboxylic acids is 1.